The molecule has 156 valence electrons. The molecule has 0 bridgehead atoms. The maximum absolute atomic E-state index is 12.7. The molecule has 1 N–H and O–H groups in total. The number of hydrogen-bond donors (Lipinski definition) is 1. The third-order valence-electron chi connectivity index (χ3n) is 5.23. The van der Waals surface area contributed by atoms with E-state index in [0.29, 0.717) is 16.3 Å². The van der Waals surface area contributed by atoms with Crippen molar-refractivity contribution < 1.29 is 9.72 Å². The lowest BCUT2D eigenvalue weighted by molar-refractivity contribution is -0.384. The summed E-state index contributed by atoms with van der Waals surface area (Å²) >= 11 is 1.24. The Kier molecular flexibility index (Phi) is 7.06. The number of carbonyl (C=O) groups excluding carboxylic acids is 1. The zero-order valence-corrected chi connectivity index (χ0v) is 17.9. The van der Waals surface area contributed by atoms with Crippen molar-refractivity contribution in [3.05, 3.63) is 56.8 Å². The molecule has 30 heavy (non-hydrogen) atoms. The molecule has 1 unspecified atom stereocenters. The van der Waals surface area contributed by atoms with Gasteiger partial charge >= 0.3 is 0 Å². The second kappa shape index (κ2) is 9.72. The molecule has 7 nitrogen and oxygen atoms in total. The molecule has 0 radical (unpaired) electrons. The maximum atomic E-state index is 12.7. The average Bonchev–Trinajstić information content (AvgIpc) is 2.70. The topological polar surface area (TPSA) is 109 Å². The number of amides is 1. The number of fused-ring (bicyclic) bond motifs is 1. The lowest BCUT2D eigenvalue weighted by Crippen LogP contribution is -2.23. The molecule has 0 aliphatic heterocycles. The number of thioether (sulfide) groups is 1. The molecule has 0 fully saturated rings. The molecule has 0 saturated heterocycles. The van der Waals surface area contributed by atoms with Crippen LogP contribution in [0.25, 0.3) is 0 Å². The minimum atomic E-state index is -0.519. The highest BCUT2D eigenvalue weighted by atomic mass is 32.2. The van der Waals surface area contributed by atoms with E-state index >= 15 is 0 Å². The van der Waals surface area contributed by atoms with Crippen molar-refractivity contribution in [1.29, 1.82) is 5.26 Å². The summed E-state index contributed by atoms with van der Waals surface area (Å²) in [6.45, 7) is 3.52. The number of nitro benzene ring substituents is 1. The van der Waals surface area contributed by atoms with Crippen molar-refractivity contribution in [2.24, 2.45) is 0 Å². The largest absolute Gasteiger partial charge is 0.325 e. The summed E-state index contributed by atoms with van der Waals surface area (Å²) in [6, 6.07) is 8.51. The van der Waals surface area contributed by atoms with Crippen LogP contribution in [0, 0.1) is 28.4 Å². The second-order valence-corrected chi connectivity index (χ2v) is 8.81. The van der Waals surface area contributed by atoms with Gasteiger partial charge in [-0.3, -0.25) is 14.9 Å². The van der Waals surface area contributed by atoms with Crippen molar-refractivity contribution in [3.63, 3.8) is 0 Å². The van der Waals surface area contributed by atoms with Crippen molar-refractivity contribution in [3.8, 4) is 6.07 Å². The van der Waals surface area contributed by atoms with Crippen molar-refractivity contribution >= 4 is 29.0 Å². The summed E-state index contributed by atoms with van der Waals surface area (Å²) < 4.78 is 0. The molecule has 1 aliphatic carbocycles. The first-order valence-corrected chi connectivity index (χ1v) is 10.9. The first kappa shape index (κ1) is 21.8. The number of aryl methyl sites for hydroxylation is 3. The van der Waals surface area contributed by atoms with Gasteiger partial charge in [0.05, 0.1) is 21.4 Å². The molecule has 1 heterocycles. The van der Waals surface area contributed by atoms with Gasteiger partial charge in [0, 0.05) is 17.8 Å². The Morgan fingerprint density at radius 1 is 1.27 bits per heavy atom. The van der Waals surface area contributed by atoms with Gasteiger partial charge in [-0.05, 0) is 56.7 Å². The Morgan fingerprint density at radius 3 is 2.70 bits per heavy atom. The summed E-state index contributed by atoms with van der Waals surface area (Å²) in [5.74, 6) is -0.291. The van der Waals surface area contributed by atoms with E-state index in [1.54, 1.807) is 19.9 Å². The Bertz CT molecular complexity index is 1020. The fourth-order valence-electron chi connectivity index (χ4n) is 3.45. The number of anilines is 1. The molecule has 1 aliphatic rings. The van der Waals surface area contributed by atoms with E-state index in [9.17, 15) is 20.2 Å². The van der Waals surface area contributed by atoms with Gasteiger partial charge in [0.25, 0.3) is 5.69 Å². The van der Waals surface area contributed by atoms with Gasteiger partial charge in [-0.2, -0.15) is 5.26 Å². The fraction of sp³-hybridized carbons (Fsp3) is 0.409. The Balaban J connectivity index is 1.78. The maximum Gasteiger partial charge on any atom is 0.271 e. The van der Waals surface area contributed by atoms with Gasteiger partial charge in [-0.15, -0.1) is 0 Å². The number of carbonyl (C=O) groups is 1. The van der Waals surface area contributed by atoms with Gasteiger partial charge in [0.2, 0.25) is 5.91 Å². The molecular formula is C22H24N4O3S. The first-order chi connectivity index (χ1) is 14.4. The normalized spacial score (nSPS) is 14.6. The van der Waals surface area contributed by atoms with E-state index in [0.717, 1.165) is 42.5 Å². The molecule has 1 atom stereocenters. The minimum absolute atomic E-state index is 0.0775. The third kappa shape index (κ3) is 5.16. The highest BCUT2D eigenvalue weighted by Crippen LogP contribution is 2.30. The monoisotopic (exact) mass is 424 g/mol. The summed E-state index contributed by atoms with van der Waals surface area (Å²) in [7, 11) is 0. The first-order valence-electron chi connectivity index (χ1n) is 10.0. The number of non-ortho nitro benzene ring substituents is 1. The molecule has 3 rings (SSSR count). The standard InChI is InChI=1S/C22H24N4O3S/c1-14-9-10-18(26(28)29)12-20(14)24-21(27)15(2)30-22-17(13-23)11-16-7-5-3-4-6-8-19(16)25-22/h9-12,15H,3-8H2,1-2H3,(H,24,27). The summed E-state index contributed by atoms with van der Waals surface area (Å²) in [4.78, 5) is 28.0. The van der Waals surface area contributed by atoms with E-state index < -0.39 is 10.2 Å². The van der Waals surface area contributed by atoms with Gasteiger partial charge < -0.3 is 5.32 Å². The van der Waals surface area contributed by atoms with E-state index in [-0.39, 0.29) is 11.6 Å². The van der Waals surface area contributed by atoms with Crippen LogP contribution in [0.2, 0.25) is 0 Å². The number of benzene rings is 1. The fourth-order valence-corrected chi connectivity index (χ4v) is 4.35. The van der Waals surface area contributed by atoms with Crippen LogP contribution < -0.4 is 5.32 Å². The van der Waals surface area contributed by atoms with Crippen molar-refractivity contribution in [2.75, 3.05) is 5.32 Å². The molecule has 0 saturated carbocycles. The predicted molar refractivity (Wildman–Crippen MR) is 117 cm³/mol. The molecule has 1 aromatic heterocycles. The zero-order chi connectivity index (χ0) is 21.7. The average molecular weight is 425 g/mol. The smallest absolute Gasteiger partial charge is 0.271 e. The van der Waals surface area contributed by atoms with Crippen LogP contribution in [0.5, 0.6) is 0 Å². The van der Waals surface area contributed by atoms with Gasteiger partial charge in [0.15, 0.2) is 0 Å². The van der Waals surface area contributed by atoms with E-state index in [1.807, 2.05) is 6.07 Å². The lowest BCUT2D eigenvalue weighted by atomic mass is 9.96. The van der Waals surface area contributed by atoms with Crippen LogP contribution in [0.4, 0.5) is 11.4 Å². The van der Waals surface area contributed by atoms with Crippen molar-refractivity contribution in [2.45, 2.75) is 62.6 Å². The van der Waals surface area contributed by atoms with Crippen LogP contribution in [0.3, 0.4) is 0 Å². The van der Waals surface area contributed by atoms with Gasteiger partial charge in [-0.1, -0.05) is 30.7 Å². The summed E-state index contributed by atoms with van der Waals surface area (Å²) in [6.07, 6.45) is 6.40. The molecule has 0 spiro atoms. The Labute approximate surface area is 180 Å². The Hall–Kier alpha value is -2.92. The molecule has 8 heteroatoms. The third-order valence-corrected chi connectivity index (χ3v) is 6.34. The van der Waals surface area contributed by atoms with E-state index in [4.69, 9.17) is 4.98 Å². The lowest BCUT2D eigenvalue weighted by Gasteiger charge is -2.17. The van der Waals surface area contributed by atoms with Crippen LogP contribution in [0.1, 0.15) is 55.0 Å². The predicted octanol–water partition coefficient (Wildman–Crippen LogP) is 4.95. The second-order valence-electron chi connectivity index (χ2n) is 7.48. The van der Waals surface area contributed by atoms with Crippen LogP contribution in [-0.4, -0.2) is 21.1 Å². The highest BCUT2D eigenvalue weighted by Gasteiger charge is 2.21. The number of aromatic nitrogens is 1. The number of nitrogens with zero attached hydrogens (tertiary/aromatic N) is 3. The number of hydrogen-bond acceptors (Lipinski definition) is 6. The molecule has 1 aromatic carbocycles. The number of pyridine rings is 1. The summed E-state index contributed by atoms with van der Waals surface area (Å²) in [5.41, 5.74) is 3.73. The highest BCUT2D eigenvalue weighted by molar-refractivity contribution is 8.00. The van der Waals surface area contributed by atoms with Crippen molar-refractivity contribution in [1.82, 2.24) is 4.98 Å². The number of nitrogens with one attached hydrogen (secondary N) is 1. The molecular weight excluding hydrogens is 400 g/mol. The quantitative estimate of drug-likeness (QED) is 0.413. The summed E-state index contributed by atoms with van der Waals surface area (Å²) in [5, 5.41) is 23.4. The van der Waals surface area contributed by atoms with Gasteiger partial charge in [-0.25, -0.2) is 4.98 Å². The SMILES string of the molecule is Cc1ccc([N+](=O)[O-])cc1NC(=O)C(C)Sc1nc2c(cc1C#N)CCCCCC2. The van der Waals surface area contributed by atoms with E-state index in [1.165, 1.54) is 36.7 Å². The number of rotatable bonds is 5. The zero-order valence-electron chi connectivity index (χ0n) is 17.1. The number of nitro groups is 1. The number of nitriles is 1. The van der Waals surface area contributed by atoms with Gasteiger partial charge in [0.1, 0.15) is 11.1 Å². The molecule has 1 amide bonds. The minimum Gasteiger partial charge on any atom is -0.325 e. The van der Waals surface area contributed by atoms with Crippen LogP contribution >= 0.6 is 11.8 Å². The molecule has 2 aromatic rings. The van der Waals surface area contributed by atoms with Crippen LogP contribution in [0.15, 0.2) is 29.3 Å². The van der Waals surface area contributed by atoms with E-state index in [2.05, 4.69) is 11.4 Å². The Morgan fingerprint density at radius 2 is 2.00 bits per heavy atom. The van der Waals surface area contributed by atoms with Crippen LogP contribution in [-0.2, 0) is 17.6 Å².